The third-order valence-corrected chi connectivity index (χ3v) is 12.5. The third-order valence-electron chi connectivity index (χ3n) is 12.3. The number of halogens is 5. The molecule has 0 atom stereocenters. The lowest BCUT2D eigenvalue weighted by molar-refractivity contribution is -0.156. The molecule has 5 aromatic carbocycles. The van der Waals surface area contributed by atoms with Gasteiger partial charge in [0, 0.05) is 81.4 Å². The fraction of sp³-hybridized carbons (Fsp3) is 0.420. The number of Topliss-reactive ketones (excluding diaryl/α,β-unsaturated/α-hetero) is 5. The van der Waals surface area contributed by atoms with E-state index in [0.29, 0.717) is 44.3 Å². The van der Waals surface area contributed by atoms with Gasteiger partial charge < -0.3 is 40.2 Å². The van der Waals surface area contributed by atoms with Crippen LogP contribution in [0.4, 0.5) is 4.79 Å². The van der Waals surface area contributed by atoms with E-state index in [1.54, 1.807) is 33.8 Å². The number of methoxy groups -OCH3 is 2. The van der Waals surface area contributed by atoms with Crippen LogP contribution in [0.25, 0.3) is 0 Å². The highest BCUT2D eigenvalue weighted by Gasteiger charge is 2.09. The van der Waals surface area contributed by atoms with Crippen molar-refractivity contribution >= 4 is 122 Å². The molecule has 0 unspecified atom stereocenters. The summed E-state index contributed by atoms with van der Waals surface area (Å²) in [6, 6.07) is 33.2. The highest BCUT2D eigenvalue weighted by Crippen LogP contribution is 2.16. The van der Waals surface area contributed by atoms with Crippen LogP contribution in [0.5, 0.6) is 0 Å². The second-order valence-electron chi connectivity index (χ2n) is 19.7. The minimum Gasteiger partial charge on any atom is -0.469 e. The van der Waals surface area contributed by atoms with Crippen molar-refractivity contribution < 1.29 is 62.2 Å². The number of hydrogen-bond donors (Lipinski definition) is 2. The maximum absolute atomic E-state index is 11.2. The molecule has 0 fully saturated rings. The molecule has 22 heteroatoms. The van der Waals surface area contributed by atoms with Gasteiger partial charge in [0.15, 0.2) is 17.3 Å². The number of carbonyl (C=O) groups excluding carboxylic acids is 10. The fourth-order valence-corrected chi connectivity index (χ4v) is 6.99. The highest BCUT2D eigenvalue weighted by atomic mass is 35.8. The number of carbonyl (C=O) groups is 10. The first-order valence-electron chi connectivity index (χ1n) is 29.0. The summed E-state index contributed by atoms with van der Waals surface area (Å²) in [7, 11) is 17.4. The van der Waals surface area contributed by atoms with Crippen LogP contribution in [0.3, 0.4) is 0 Å². The van der Waals surface area contributed by atoms with Crippen LogP contribution < -0.4 is 11.5 Å². The SMILES string of the molecule is CC(=O)CCc1cc(C(C)=O)ccc1C.CC(=O)CCc1ccccc1C.CC(=O)Cl.CC(=O)OC(C)=O.CC(=O)c1ccc(C)c(CN)c1.CCN(CC)CC.COC(=O)CCc1cc(C(C)=O)ccc1C.COC(=O)Cl.Cc1ccccc1CN.[Cl][Al]([Cl])[Cl]. The quantitative estimate of drug-likeness (QED) is 0.0219. The molecule has 0 bridgehead atoms. The van der Waals surface area contributed by atoms with Crippen molar-refractivity contribution in [3.63, 3.8) is 0 Å². The Balaban J connectivity index is -0.000000310. The van der Waals surface area contributed by atoms with E-state index in [9.17, 15) is 47.9 Å². The van der Waals surface area contributed by atoms with Gasteiger partial charge in [0.1, 0.15) is 11.6 Å². The number of nitrogens with two attached hydrogens (primary N) is 2. The number of ketones is 5. The van der Waals surface area contributed by atoms with E-state index in [-0.39, 0.29) is 40.1 Å². The van der Waals surface area contributed by atoms with Gasteiger partial charge in [0.25, 0.3) is 0 Å². The van der Waals surface area contributed by atoms with E-state index in [0.717, 1.165) is 57.3 Å². The van der Waals surface area contributed by atoms with Crippen molar-refractivity contribution in [1.82, 2.24) is 4.90 Å². The molecule has 5 rings (SSSR count). The van der Waals surface area contributed by atoms with Crippen molar-refractivity contribution in [1.29, 1.82) is 0 Å². The van der Waals surface area contributed by atoms with Crippen molar-refractivity contribution in [3.05, 3.63) is 175 Å². The molecule has 5 aromatic rings. The van der Waals surface area contributed by atoms with Gasteiger partial charge in [-0.25, -0.2) is 34.9 Å². The Hall–Kier alpha value is -5.94. The van der Waals surface area contributed by atoms with E-state index in [4.69, 9.17) is 41.6 Å². The number of hydrogen-bond acceptors (Lipinski definition) is 16. The maximum Gasteiger partial charge on any atom is 0.643 e. The molecule has 504 valence electrons. The second-order valence-corrected chi connectivity index (χ2v) is 27.0. The molecule has 0 radical (unpaired) electrons. The number of esters is 3. The van der Waals surface area contributed by atoms with Crippen LogP contribution in [0, 0.1) is 34.6 Å². The number of nitrogens with zero attached hydrogens (tertiary/aromatic N) is 1. The average molecular weight is 1380 g/mol. The summed E-state index contributed by atoms with van der Waals surface area (Å²) in [5.74, 6) is -0.711. The van der Waals surface area contributed by atoms with Gasteiger partial charge in [-0.2, -0.15) is 0 Å². The van der Waals surface area contributed by atoms with Crippen LogP contribution in [0.2, 0.25) is 0 Å². The molecule has 16 nitrogen and oxygen atoms in total. The van der Waals surface area contributed by atoms with Crippen LogP contribution in [0.1, 0.15) is 182 Å². The number of rotatable bonds is 17. The van der Waals surface area contributed by atoms with Crippen LogP contribution in [-0.2, 0) is 75.3 Å². The molecule has 0 aliphatic carbocycles. The maximum atomic E-state index is 11.2. The summed E-state index contributed by atoms with van der Waals surface area (Å²) in [5, 5.41) is -0.361. The Morgan fingerprint density at radius 1 is 0.429 bits per heavy atom. The number of benzene rings is 5. The van der Waals surface area contributed by atoms with Gasteiger partial charge in [0.2, 0.25) is 5.24 Å². The molecule has 0 aliphatic rings. The number of ether oxygens (including phenoxy) is 3. The molecular weight excluding hydrogens is 1280 g/mol. The van der Waals surface area contributed by atoms with E-state index < -0.39 is 28.8 Å². The molecular formula is C69H97AlCl5N3O13. The molecule has 4 N–H and O–H groups in total. The lowest BCUT2D eigenvalue weighted by Gasteiger charge is -2.13. The Morgan fingerprint density at radius 3 is 0.934 bits per heavy atom. The van der Waals surface area contributed by atoms with Crippen LogP contribution >= 0.6 is 53.3 Å². The average Bonchev–Trinajstić information content (AvgIpc) is 3.64. The summed E-state index contributed by atoms with van der Waals surface area (Å²) in [5.41, 5.74) is 23.9. The van der Waals surface area contributed by atoms with Crippen molar-refractivity contribution in [2.75, 3.05) is 33.9 Å². The normalized spacial score (nSPS) is 9.30. The Bertz CT molecular complexity index is 2970. The molecule has 0 amide bonds. The summed E-state index contributed by atoms with van der Waals surface area (Å²) in [6.07, 6.45) is 3.76. The molecule has 0 spiro atoms. The highest BCUT2D eigenvalue weighted by molar-refractivity contribution is 7.54. The van der Waals surface area contributed by atoms with Crippen LogP contribution in [-0.4, -0.2) is 108 Å². The summed E-state index contributed by atoms with van der Waals surface area (Å²) in [6.45, 7) is 32.9. The van der Waals surface area contributed by atoms with Crippen LogP contribution in [0.15, 0.2) is 103 Å². The van der Waals surface area contributed by atoms with Gasteiger partial charge in [-0.15, -0.1) is 0 Å². The minimum atomic E-state index is -1.72. The first-order chi connectivity index (χ1) is 42.4. The predicted octanol–water partition coefficient (Wildman–Crippen LogP) is 15.5. The van der Waals surface area contributed by atoms with Crippen molar-refractivity contribution in [2.24, 2.45) is 11.5 Å². The molecule has 0 heterocycles. The zero-order valence-corrected chi connectivity index (χ0v) is 61.4. The summed E-state index contributed by atoms with van der Waals surface area (Å²) >= 11 is 7.51. The van der Waals surface area contributed by atoms with Gasteiger partial charge in [-0.1, -0.05) is 106 Å². The van der Waals surface area contributed by atoms with Gasteiger partial charge in [-0.3, -0.25) is 33.6 Å². The Morgan fingerprint density at radius 2 is 0.703 bits per heavy atom. The largest absolute Gasteiger partial charge is 0.643 e. The Labute approximate surface area is 568 Å². The zero-order chi connectivity index (χ0) is 71.4. The van der Waals surface area contributed by atoms with Crippen molar-refractivity contribution in [2.45, 2.75) is 162 Å². The minimum absolute atomic E-state index is 0.0410. The molecule has 0 saturated carbocycles. The molecule has 91 heavy (non-hydrogen) atoms. The molecule has 0 saturated heterocycles. The smallest absolute Gasteiger partial charge is 0.469 e. The monoisotopic (exact) mass is 1380 g/mol. The summed E-state index contributed by atoms with van der Waals surface area (Å²) in [4.78, 5) is 107. The Kier molecular flexibility index (Phi) is 59.7. The fourth-order valence-electron chi connectivity index (χ4n) is 6.99. The molecule has 0 aliphatic heterocycles. The van der Waals surface area contributed by atoms with E-state index >= 15 is 0 Å². The number of aryl methyl sites for hydroxylation is 8. The second kappa shape index (κ2) is 57.9. The topological polar surface area (TPSA) is 254 Å². The standard InChI is InChI=1S/C13H16O3.C13H16O2.C11H14O.C10H13NO.C8H11N.C6H15N.C4H6O3.C2H3ClO2.C2H3ClO.Al.3ClH/c1-9-4-5-12(10(2)14)8-11(9)6-7-13(15)16-3;1-9-4-6-13(11(3)15)8-12(9)7-5-10(2)14;1-9-5-3-4-6-11(9)8-7-10(2)12;1-7-3-4-9(8(2)12)5-10(7)6-11;1-7-4-2-3-5-8(7)6-9;1-4-7(5-2)6-3;1-3(5)7-4(2)6;1-5-2(3)4;1-2(3)4;;;;/h4-5,8H,6-7H2,1-3H3;4,6,8H,5,7H2,1-3H3;3-6H,7-8H2,1-2H3;3-5H,6,11H2,1-2H3;2-5H,6,9H2,1H3;4-6H2,1-3H3;1-2H3;1H3;1H3;;3*1H/q;;;;;;;;;+3;;;/p-3. The van der Waals surface area contributed by atoms with Gasteiger partial charge in [-0.05, 0) is 194 Å². The van der Waals surface area contributed by atoms with E-state index in [1.807, 2.05) is 93.6 Å². The van der Waals surface area contributed by atoms with Gasteiger partial charge >= 0.3 is 34.7 Å². The van der Waals surface area contributed by atoms with Gasteiger partial charge in [0.05, 0.1) is 14.2 Å². The first kappa shape index (κ1) is 93.8. The lowest BCUT2D eigenvalue weighted by Crippen LogP contribution is -2.21. The summed E-state index contributed by atoms with van der Waals surface area (Å²) < 4.78 is 12.4. The third kappa shape index (κ3) is 56.5. The first-order valence-corrected chi connectivity index (χ1v) is 35.0. The lowest BCUT2D eigenvalue weighted by atomic mass is 9.99. The molecule has 0 aromatic heterocycles. The van der Waals surface area contributed by atoms with Crippen molar-refractivity contribution in [3.8, 4) is 0 Å². The predicted molar refractivity (Wildman–Crippen MR) is 374 cm³/mol. The van der Waals surface area contributed by atoms with E-state index in [2.05, 4.69) is 101 Å². The van der Waals surface area contributed by atoms with E-state index in [1.165, 1.54) is 83.8 Å². The zero-order valence-electron chi connectivity index (χ0n) is 56.5.